The summed E-state index contributed by atoms with van der Waals surface area (Å²) >= 11 is 0. The van der Waals surface area contributed by atoms with Gasteiger partial charge in [-0.25, -0.2) is 8.42 Å². The largest absolute Gasteiger partial charge is 0.320 e. The summed E-state index contributed by atoms with van der Waals surface area (Å²) in [4.78, 5) is 10.5. The molecule has 0 radical (unpaired) electrons. The minimum absolute atomic E-state index is 0. The Morgan fingerprint density at radius 3 is 2.50 bits per heavy atom. The van der Waals surface area contributed by atoms with Crippen LogP contribution in [0.25, 0.3) is 0 Å². The summed E-state index contributed by atoms with van der Waals surface area (Å²) in [5.41, 5.74) is 0.301. The van der Waals surface area contributed by atoms with E-state index in [9.17, 15) is 18.5 Å². The van der Waals surface area contributed by atoms with Gasteiger partial charge >= 0.3 is 0 Å². The molecule has 1 aliphatic heterocycles. The molecule has 136 valence electrons. The molecule has 0 amide bonds. The van der Waals surface area contributed by atoms with Gasteiger partial charge in [-0.2, -0.15) is 4.31 Å². The number of piperidine rings is 1. The van der Waals surface area contributed by atoms with E-state index in [2.05, 4.69) is 5.32 Å². The van der Waals surface area contributed by atoms with Crippen LogP contribution >= 0.6 is 12.4 Å². The maximum atomic E-state index is 12.7. The Morgan fingerprint density at radius 2 is 1.96 bits per heavy atom. The summed E-state index contributed by atoms with van der Waals surface area (Å²) in [5.74, 6) is 0.529. The first-order chi connectivity index (χ1) is 10.9. The second-order valence-electron chi connectivity index (χ2n) is 5.95. The smallest absolute Gasteiger partial charge is 0.273 e. The predicted molar refractivity (Wildman–Crippen MR) is 95.1 cm³/mol. The quantitative estimate of drug-likeness (QED) is 0.606. The van der Waals surface area contributed by atoms with E-state index in [4.69, 9.17) is 0 Å². The summed E-state index contributed by atoms with van der Waals surface area (Å²) in [6.07, 6.45) is 2.70. The molecule has 1 fully saturated rings. The van der Waals surface area contributed by atoms with Crippen molar-refractivity contribution in [3.63, 3.8) is 0 Å². The molecule has 0 unspecified atom stereocenters. The van der Waals surface area contributed by atoms with Crippen molar-refractivity contribution in [1.82, 2.24) is 9.62 Å². The lowest BCUT2D eigenvalue weighted by molar-refractivity contribution is -0.385. The molecule has 1 aromatic rings. The van der Waals surface area contributed by atoms with Crippen LogP contribution in [-0.2, 0) is 10.0 Å². The molecule has 2 rings (SSSR count). The normalized spacial score (nSPS) is 16.6. The highest BCUT2D eigenvalue weighted by Crippen LogP contribution is 2.28. The maximum Gasteiger partial charge on any atom is 0.273 e. The minimum atomic E-state index is -3.67. The molecule has 9 heteroatoms. The van der Waals surface area contributed by atoms with E-state index in [-0.39, 0.29) is 23.0 Å². The van der Waals surface area contributed by atoms with Crippen LogP contribution in [-0.4, -0.2) is 44.3 Å². The van der Waals surface area contributed by atoms with Crippen molar-refractivity contribution < 1.29 is 13.3 Å². The highest BCUT2D eigenvalue weighted by Gasteiger charge is 2.30. The third-order valence-electron chi connectivity index (χ3n) is 4.39. The Balaban J connectivity index is 0.00000288. The van der Waals surface area contributed by atoms with Gasteiger partial charge < -0.3 is 5.32 Å². The van der Waals surface area contributed by atoms with Crippen molar-refractivity contribution in [2.75, 3.05) is 26.7 Å². The zero-order valence-electron chi connectivity index (χ0n) is 13.9. The van der Waals surface area contributed by atoms with Gasteiger partial charge in [-0.05, 0) is 51.8 Å². The van der Waals surface area contributed by atoms with Crippen molar-refractivity contribution in [2.45, 2.75) is 31.1 Å². The molecular formula is C15H24ClN3O4S. The van der Waals surface area contributed by atoms with Gasteiger partial charge in [0.15, 0.2) is 0 Å². The Hall–Kier alpha value is -1.22. The summed E-state index contributed by atoms with van der Waals surface area (Å²) in [6, 6.07) is 4.10. The summed E-state index contributed by atoms with van der Waals surface area (Å²) in [7, 11) is -1.76. The number of nitrogens with zero attached hydrogens (tertiary/aromatic N) is 2. The number of halogens is 1. The maximum absolute atomic E-state index is 12.7. The lowest BCUT2D eigenvalue weighted by Crippen LogP contribution is -2.38. The van der Waals surface area contributed by atoms with Gasteiger partial charge in [-0.1, -0.05) is 6.07 Å². The number of sulfonamides is 1. The number of benzene rings is 1. The third kappa shape index (κ3) is 4.66. The van der Waals surface area contributed by atoms with E-state index in [0.717, 1.165) is 31.9 Å². The van der Waals surface area contributed by atoms with Crippen LogP contribution in [0.4, 0.5) is 5.69 Å². The number of rotatable bonds is 6. The van der Waals surface area contributed by atoms with Crippen LogP contribution in [0.3, 0.4) is 0 Å². The molecule has 1 saturated heterocycles. The lowest BCUT2D eigenvalue weighted by atomic mass is 9.95. The van der Waals surface area contributed by atoms with Gasteiger partial charge in [0.25, 0.3) is 5.69 Å². The molecule has 1 heterocycles. The monoisotopic (exact) mass is 377 g/mol. The number of nitro benzene ring substituents is 1. The Bertz CT molecular complexity index is 673. The van der Waals surface area contributed by atoms with Gasteiger partial charge in [-0.15, -0.1) is 12.4 Å². The van der Waals surface area contributed by atoms with E-state index >= 15 is 0 Å². The second-order valence-corrected chi connectivity index (χ2v) is 7.88. The molecule has 0 bridgehead atoms. The first kappa shape index (κ1) is 20.8. The SMILES string of the molecule is CNCCC1CCN(S(=O)(=O)c2ccc(C)c([N+](=O)[O-])c2)CC1.Cl. The average Bonchev–Trinajstić information content (AvgIpc) is 2.53. The van der Waals surface area contributed by atoms with Crippen LogP contribution in [0.5, 0.6) is 0 Å². The molecule has 1 aliphatic rings. The van der Waals surface area contributed by atoms with E-state index in [1.54, 1.807) is 6.92 Å². The van der Waals surface area contributed by atoms with Crippen molar-refractivity contribution in [2.24, 2.45) is 5.92 Å². The van der Waals surface area contributed by atoms with E-state index in [1.165, 1.54) is 16.4 Å². The van der Waals surface area contributed by atoms with Crippen LogP contribution in [0.1, 0.15) is 24.8 Å². The fourth-order valence-corrected chi connectivity index (χ4v) is 4.37. The molecule has 0 atom stereocenters. The number of nitrogens with one attached hydrogen (secondary N) is 1. The highest BCUT2D eigenvalue weighted by molar-refractivity contribution is 7.89. The second kappa shape index (κ2) is 8.75. The van der Waals surface area contributed by atoms with Gasteiger partial charge in [0.2, 0.25) is 10.0 Å². The predicted octanol–water partition coefficient (Wildman–Crippen LogP) is 2.34. The molecule has 7 nitrogen and oxygen atoms in total. The van der Waals surface area contributed by atoms with Crippen molar-refractivity contribution in [3.8, 4) is 0 Å². The third-order valence-corrected chi connectivity index (χ3v) is 6.29. The van der Waals surface area contributed by atoms with Crippen LogP contribution < -0.4 is 5.32 Å². The molecule has 1 N–H and O–H groups in total. The molecule has 24 heavy (non-hydrogen) atoms. The molecule has 0 spiro atoms. The first-order valence-electron chi connectivity index (χ1n) is 7.76. The number of hydrogen-bond donors (Lipinski definition) is 1. The van der Waals surface area contributed by atoms with Crippen molar-refractivity contribution in [3.05, 3.63) is 33.9 Å². The summed E-state index contributed by atoms with van der Waals surface area (Å²) in [6.45, 7) is 3.47. The lowest BCUT2D eigenvalue weighted by Gasteiger charge is -2.31. The van der Waals surface area contributed by atoms with E-state index < -0.39 is 14.9 Å². The number of hydrogen-bond acceptors (Lipinski definition) is 5. The minimum Gasteiger partial charge on any atom is -0.320 e. The average molecular weight is 378 g/mol. The van der Waals surface area contributed by atoms with Gasteiger partial charge in [0.1, 0.15) is 0 Å². The molecule has 0 aliphatic carbocycles. The van der Waals surface area contributed by atoms with Gasteiger partial charge in [-0.3, -0.25) is 10.1 Å². The molecule has 0 saturated carbocycles. The fraction of sp³-hybridized carbons (Fsp3) is 0.600. The van der Waals surface area contributed by atoms with Crippen molar-refractivity contribution >= 4 is 28.1 Å². The molecule has 0 aromatic heterocycles. The summed E-state index contributed by atoms with van der Waals surface area (Å²) < 4.78 is 26.8. The Morgan fingerprint density at radius 1 is 1.33 bits per heavy atom. The van der Waals surface area contributed by atoms with Gasteiger partial charge in [0.05, 0.1) is 9.82 Å². The topological polar surface area (TPSA) is 92.6 Å². The molecule has 1 aromatic carbocycles. The zero-order valence-corrected chi connectivity index (χ0v) is 15.5. The summed E-state index contributed by atoms with van der Waals surface area (Å²) in [5, 5.41) is 14.1. The van der Waals surface area contributed by atoms with Crippen LogP contribution in [0.15, 0.2) is 23.1 Å². The number of aryl methyl sites for hydroxylation is 1. The van der Waals surface area contributed by atoms with E-state index in [0.29, 0.717) is 24.6 Å². The van der Waals surface area contributed by atoms with Crippen LogP contribution in [0.2, 0.25) is 0 Å². The standard InChI is InChI=1S/C15H23N3O4S.ClH/c1-12-3-4-14(11-15(12)18(19)20)23(21,22)17-9-6-13(7-10-17)5-8-16-2;/h3-4,11,13,16H,5-10H2,1-2H3;1H. The Kier molecular flexibility index (Phi) is 7.59. The zero-order chi connectivity index (χ0) is 17.0. The van der Waals surface area contributed by atoms with E-state index in [1.807, 2.05) is 7.05 Å². The molecular weight excluding hydrogens is 354 g/mol. The first-order valence-corrected chi connectivity index (χ1v) is 9.20. The van der Waals surface area contributed by atoms with Crippen molar-refractivity contribution in [1.29, 1.82) is 0 Å². The highest BCUT2D eigenvalue weighted by atomic mass is 35.5. The Labute approximate surface area is 149 Å². The fourth-order valence-electron chi connectivity index (χ4n) is 2.88. The van der Waals surface area contributed by atoms with Crippen LogP contribution in [0, 0.1) is 23.0 Å². The number of nitro groups is 1. The van der Waals surface area contributed by atoms with Gasteiger partial charge in [0, 0.05) is 24.7 Å².